The Bertz CT molecular complexity index is 706. The lowest BCUT2D eigenvalue weighted by molar-refractivity contribution is 0.145. The zero-order valence-electron chi connectivity index (χ0n) is 12.0. The van der Waals surface area contributed by atoms with Gasteiger partial charge in [-0.25, -0.2) is 0 Å². The van der Waals surface area contributed by atoms with Gasteiger partial charge in [-0.1, -0.05) is 37.3 Å². The van der Waals surface area contributed by atoms with Gasteiger partial charge >= 0.3 is 0 Å². The quantitative estimate of drug-likeness (QED) is 0.759. The van der Waals surface area contributed by atoms with Crippen LogP contribution in [-0.4, -0.2) is 6.04 Å². The lowest BCUT2D eigenvalue weighted by Crippen LogP contribution is -2.31. The summed E-state index contributed by atoms with van der Waals surface area (Å²) in [4.78, 5) is 0. The fourth-order valence-corrected chi connectivity index (χ4v) is 2.41. The Morgan fingerprint density at radius 2 is 1.86 bits per heavy atom. The van der Waals surface area contributed by atoms with Crippen molar-refractivity contribution in [1.82, 2.24) is 0 Å². The number of hydrogen-bond donors (Lipinski definition) is 1. The molecule has 21 heavy (non-hydrogen) atoms. The van der Waals surface area contributed by atoms with Crippen molar-refractivity contribution in [3.63, 3.8) is 0 Å². The molecule has 0 aliphatic heterocycles. The summed E-state index contributed by atoms with van der Waals surface area (Å²) >= 11 is 0. The average molecular weight is 281 g/mol. The summed E-state index contributed by atoms with van der Waals surface area (Å²) < 4.78 is 11.6. The summed E-state index contributed by atoms with van der Waals surface area (Å²) in [6, 6.07) is 17.9. The van der Waals surface area contributed by atoms with Crippen molar-refractivity contribution in [2.45, 2.75) is 25.5 Å². The van der Waals surface area contributed by atoms with Crippen molar-refractivity contribution >= 4 is 10.8 Å². The molecule has 0 radical (unpaired) electrons. The van der Waals surface area contributed by atoms with Crippen molar-refractivity contribution in [1.29, 1.82) is 0 Å². The third kappa shape index (κ3) is 2.93. The Labute approximate surface area is 124 Å². The van der Waals surface area contributed by atoms with E-state index in [1.807, 2.05) is 43.3 Å². The van der Waals surface area contributed by atoms with E-state index in [1.54, 1.807) is 6.26 Å². The maximum Gasteiger partial charge on any atom is 0.171 e. The van der Waals surface area contributed by atoms with Crippen LogP contribution in [0.5, 0.6) is 5.75 Å². The Balaban J connectivity index is 1.90. The molecule has 2 unspecified atom stereocenters. The zero-order chi connectivity index (χ0) is 14.7. The van der Waals surface area contributed by atoms with E-state index in [9.17, 15) is 0 Å². The van der Waals surface area contributed by atoms with Crippen LogP contribution in [0.4, 0.5) is 0 Å². The van der Waals surface area contributed by atoms with Gasteiger partial charge in [0.25, 0.3) is 0 Å². The highest BCUT2D eigenvalue weighted by molar-refractivity contribution is 5.83. The van der Waals surface area contributed by atoms with E-state index in [1.165, 1.54) is 5.39 Å². The van der Waals surface area contributed by atoms with Gasteiger partial charge in [-0.15, -0.1) is 0 Å². The van der Waals surface area contributed by atoms with Crippen molar-refractivity contribution in [2.24, 2.45) is 5.73 Å². The molecule has 0 aliphatic carbocycles. The lowest BCUT2D eigenvalue weighted by Gasteiger charge is -2.22. The standard InChI is InChI=1S/C18H19NO2/c1-2-16(19)18(17-8-5-11-20-17)21-15-10-9-13-6-3-4-7-14(13)12-15/h3-12,16,18H,2,19H2,1H3. The first-order valence-electron chi connectivity index (χ1n) is 7.22. The molecule has 2 N–H and O–H groups in total. The number of rotatable bonds is 5. The van der Waals surface area contributed by atoms with Crippen molar-refractivity contribution in [3.05, 3.63) is 66.6 Å². The van der Waals surface area contributed by atoms with Crippen LogP contribution in [0.25, 0.3) is 10.8 Å². The van der Waals surface area contributed by atoms with Crippen LogP contribution in [-0.2, 0) is 0 Å². The van der Waals surface area contributed by atoms with E-state index in [0.717, 1.165) is 23.3 Å². The predicted molar refractivity (Wildman–Crippen MR) is 84.3 cm³/mol. The van der Waals surface area contributed by atoms with Crippen molar-refractivity contribution in [3.8, 4) is 5.75 Å². The van der Waals surface area contributed by atoms with Gasteiger partial charge in [-0.05, 0) is 41.5 Å². The predicted octanol–water partition coefficient (Wildman–Crippen LogP) is 4.29. The first-order valence-corrected chi connectivity index (χ1v) is 7.22. The molecule has 3 rings (SSSR count). The molecule has 0 amide bonds. The third-order valence-corrected chi connectivity index (χ3v) is 3.67. The van der Waals surface area contributed by atoms with Gasteiger partial charge in [0.05, 0.1) is 6.26 Å². The topological polar surface area (TPSA) is 48.4 Å². The molecule has 1 aromatic heterocycles. The van der Waals surface area contributed by atoms with E-state index in [-0.39, 0.29) is 12.1 Å². The van der Waals surface area contributed by atoms with Gasteiger partial charge in [0.2, 0.25) is 0 Å². The second-order valence-corrected chi connectivity index (χ2v) is 5.13. The minimum Gasteiger partial charge on any atom is -0.481 e. The molecule has 1 heterocycles. The van der Waals surface area contributed by atoms with E-state index in [0.29, 0.717) is 0 Å². The number of nitrogens with two attached hydrogens (primary N) is 1. The average Bonchev–Trinajstić information content (AvgIpc) is 3.06. The van der Waals surface area contributed by atoms with Crippen LogP contribution in [0.3, 0.4) is 0 Å². The number of ether oxygens (including phenoxy) is 1. The van der Waals surface area contributed by atoms with Gasteiger partial charge in [0.1, 0.15) is 11.5 Å². The second kappa shape index (κ2) is 6.02. The van der Waals surface area contributed by atoms with Gasteiger partial charge in [0.15, 0.2) is 6.10 Å². The monoisotopic (exact) mass is 281 g/mol. The molecule has 2 atom stereocenters. The molecule has 0 bridgehead atoms. The summed E-state index contributed by atoms with van der Waals surface area (Å²) in [5.74, 6) is 1.57. The zero-order valence-corrected chi connectivity index (χ0v) is 12.0. The summed E-state index contributed by atoms with van der Waals surface area (Å²) in [7, 11) is 0. The second-order valence-electron chi connectivity index (χ2n) is 5.13. The smallest absolute Gasteiger partial charge is 0.171 e. The van der Waals surface area contributed by atoms with Crippen LogP contribution in [0.15, 0.2) is 65.3 Å². The minimum atomic E-state index is -0.272. The molecule has 3 nitrogen and oxygen atoms in total. The molecule has 0 saturated carbocycles. The molecule has 3 heteroatoms. The van der Waals surface area contributed by atoms with Crippen molar-refractivity contribution < 1.29 is 9.15 Å². The van der Waals surface area contributed by atoms with Crippen LogP contribution in [0.2, 0.25) is 0 Å². The van der Waals surface area contributed by atoms with Crippen LogP contribution < -0.4 is 10.5 Å². The molecule has 0 fully saturated rings. The maximum absolute atomic E-state index is 6.18. The first-order chi connectivity index (χ1) is 10.3. The highest BCUT2D eigenvalue weighted by atomic mass is 16.5. The lowest BCUT2D eigenvalue weighted by atomic mass is 10.1. The largest absolute Gasteiger partial charge is 0.481 e. The third-order valence-electron chi connectivity index (χ3n) is 3.67. The van der Waals surface area contributed by atoms with Crippen LogP contribution in [0, 0.1) is 0 Å². The fourth-order valence-electron chi connectivity index (χ4n) is 2.41. The number of hydrogen-bond acceptors (Lipinski definition) is 3. The van der Waals surface area contributed by atoms with Crippen LogP contribution >= 0.6 is 0 Å². The molecule has 0 spiro atoms. The number of benzene rings is 2. The molecular formula is C18H19NO2. The normalized spacial score (nSPS) is 14.0. The highest BCUT2D eigenvalue weighted by Crippen LogP contribution is 2.28. The SMILES string of the molecule is CCC(N)C(Oc1ccc2ccccc2c1)c1ccco1. The van der Waals surface area contributed by atoms with Crippen LogP contribution in [0.1, 0.15) is 25.2 Å². The number of furan rings is 1. The summed E-state index contributed by atoms with van der Waals surface area (Å²) in [6.07, 6.45) is 2.19. The van der Waals surface area contributed by atoms with E-state index < -0.39 is 0 Å². The highest BCUT2D eigenvalue weighted by Gasteiger charge is 2.23. The minimum absolute atomic E-state index is 0.109. The summed E-state index contributed by atoms with van der Waals surface area (Å²) in [5.41, 5.74) is 6.18. The molecule has 108 valence electrons. The van der Waals surface area contributed by atoms with Gasteiger partial charge < -0.3 is 14.9 Å². The molecule has 3 aromatic rings. The Morgan fingerprint density at radius 1 is 1.05 bits per heavy atom. The molecule has 0 aliphatic rings. The van der Waals surface area contributed by atoms with Gasteiger partial charge in [-0.2, -0.15) is 0 Å². The fraction of sp³-hybridized carbons (Fsp3) is 0.222. The van der Waals surface area contributed by atoms with Crippen molar-refractivity contribution in [2.75, 3.05) is 0 Å². The number of fused-ring (bicyclic) bond motifs is 1. The summed E-state index contributed by atoms with van der Waals surface area (Å²) in [6.45, 7) is 2.05. The molecule has 2 aromatic carbocycles. The Kier molecular flexibility index (Phi) is 3.93. The summed E-state index contributed by atoms with van der Waals surface area (Å²) in [5, 5.41) is 2.34. The maximum atomic E-state index is 6.18. The molecular weight excluding hydrogens is 262 g/mol. The molecule has 0 saturated heterocycles. The van der Waals surface area contributed by atoms with E-state index in [4.69, 9.17) is 14.9 Å². The van der Waals surface area contributed by atoms with Gasteiger partial charge in [-0.3, -0.25) is 0 Å². The van der Waals surface area contributed by atoms with E-state index >= 15 is 0 Å². The first kappa shape index (κ1) is 13.7. The Morgan fingerprint density at radius 3 is 2.57 bits per heavy atom. The van der Waals surface area contributed by atoms with E-state index in [2.05, 4.69) is 18.2 Å². The van der Waals surface area contributed by atoms with Gasteiger partial charge in [0, 0.05) is 6.04 Å². The Hall–Kier alpha value is -2.26.